The third kappa shape index (κ3) is 3.07. The minimum Gasteiger partial charge on any atom is -0.414 e. The fourth-order valence-electron chi connectivity index (χ4n) is 3.00. The van der Waals surface area contributed by atoms with Gasteiger partial charge in [-0.05, 0) is 42.8 Å². The van der Waals surface area contributed by atoms with Gasteiger partial charge in [0.1, 0.15) is 0 Å². The van der Waals surface area contributed by atoms with Crippen molar-refractivity contribution in [2.45, 2.75) is 71.7 Å². The van der Waals surface area contributed by atoms with E-state index in [1.807, 2.05) is 0 Å². The van der Waals surface area contributed by atoms with Crippen LogP contribution in [0.15, 0.2) is 0 Å². The lowest BCUT2D eigenvalue weighted by Crippen LogP contribution is -2.40. The summed E-state index contributed by atoms with van der Waals surface area (Å²) >= 11 is 0. The molecule has 0 aromatic rings. The van der Waals surface area contributed by atoms with Crippen LogP contribution >= 0.6 is 0 Å². The summed E-state index contributed by atoms with van der Waals surface area (Å²) in [5.74, 6) is 1.67. The maximum atomic E-state index is 6.57. The first-order chi connectivity index (χ1) is 7.06. The summed E-state index contributed by atoms with van der Waals surface area (Å²) in [5, 5.41) is 0. The second-order valence-electron chi connectivity index (χ2n) is 5.45. The van der Waals surface area contributed by atoms with E-state index in [1.54, 1.807) is 0 Å². The Morgan fingerprint density at radius 3 is 1.87 bits per heavy atom. The second-order valence-corrected chi connectivity index (χ2v) is 10.2. The van der Waals surface area contributed by atoms with Gasteiger partial charge >= 0.3 is 0 Å². The molecule has 0 spiro atoms. The standard InChI is InChI=1S/C13H28OSi/c1-6-15(7-2,8-3)14-13-10-11(4)9-12(13)5/h11-13H,6-10H2,1-5H3. The predicted molar refractivity (Wildman–Crippen MR) is 69.6 cm³/mol. The van der Waals surface area contributed by atoms with Crippen LogP contribution < -0.4 is 0 Å². The van der Waals surface area contributed by atoms with E-state index in [4.69, 9.17) is 4.43 Å². The molecular weight excluding hydrogens is 200 g/mol. The molecule has 1 aliphatic rings. The molecule has 15 heavy (non-hydrogen) atoms. The molecule has 1 fully saturated rings. The fraction of sp³-hybridized carbons (Fsp3) is 1.00. The molecule has 0 heterocycles. The first kappa shape index (κ1) is 13.2. The molecule has 0 aliphatic heterocycles. The maximum Gasteiger partial charge on any atom is 0.192 e. The Kier molecular flexibility index (Phi) is 4.85. The number of hydrogen-bond acceptors (Lipinski definition) is 1. The first-order valence-corrected chi connectivity index (χ1v) is 9.27. The molecule has 0 N–H and O–H groups in total. The van der Waals surface area contributed by atoms with E-state index in [1.165, 1.54) is 31.0 Å². The van der Waals surface area contributed by atoms with Crippen molar-refractivity contribution in [3.8, 4) is 0 Å². The van der Waals surface area contributed by atoms with Crippen molar-refractivity contribution in [1.82, 2.24) is 0 Å². The average Bonchev–Trinajstić information content (AvgIpc) is 2.54. The van der Waals surface area contributed by atoms with E-state index in [9.17, 15) is 0 Å². The Hall–Kier alpha value is 0.177. The van der Waals surface area contributed by atoms with Crippen LogP contribution in [0.4, 0.5) is 0 Å². The summed E-state index contributed by atoms with van der Waals surface area (Å²) in [6.07, 6.45) is 3.24. The Balaban J connectivity index is 2.58. The van der Waals surface area contributed by atoms with Crippen LogP contribution in [0.25, 0.3) is 0 Å². The van der Waals surface area contributed by atoms with Crippen molar-refractivity contribution in [1.29, 1.82) is 0 Å². The van der Waals surface area contributed by atoms with E-state index in [2.05, 4.69) is 34.6 Å². The topological polar surface area (TPSA) is 9.23 Å². The van der Waals surface area contributed by atoms with Crippen molar-refractivity contribution in [3.63, 3.8) is 0 Å². The molecule has 0 aromatic heterocycles. The molecule has 90 valence electrons. The van der Waals surface area contributed by atoms with Gasteiger partial charge in [-0.3, -0.25) is 0 Å². The quantitative estimate of drug-likeness (QED) is 0.632. The van der Waals surface area contributed by atoms with Crippen LogP contribution in [-0.2, 0) is 4.43 Å². The minimum absolute atomic E-state index is 0.575. The molecule has 0 aromatic carbocycles. The molecular formula is C13H28OSi. The van der Waals surface area contributed by atoms with Gasteiger partial charge < -0.3 is 4.43 Å². The lowest BCUT2D eigenvalue weighted by atomic mass is 10.1. The molecule has 1 aliphatic carbocycles. The summed E-state index contributed by atoms with van der Waals surface area (Å²) in [4.78, 5) is 0. The largest absolute Gasteiger partial charge is 0.414 e. The molecule has 0 amide bonds. The fourth-order valence-corrected chi connectivity index (χ4v) is 5.97. The van der Waals surface area contributed by atoms with E-state index in [-0.39, 0.29) is 0 Å². The monoisotopic (exact) mass is 228 g/mol. The average molecular weight is 228 g/mol. The zero-order valence-corrected chi connectivity index (χ0v) is 12.2. The zero-order chi connectivity index (χ0) is 11.5. The summed E-state index contributed by atoms with van der Waals surface area (Å²) in [6, 6.07) is 3.87. The van der Waals surface area contributed by atoms with Crippen LogP contribution in [0.2, 0.25) is 18.1 Å². The van der Waals surface area contributed by atoms with E-state index >= 15 is 0 Å². The van der Waals surface area contributed by atoms with Gasteiger partial charge in [-0.2, -0.15) is 0 Å². The summed E-state index contributed by atoms with van der Waals surface area (Å²) in [5.41, 5.74) is 0. The third-order valence-corrected chi connectivity index (χ3v) is 9.05. The lowest BCUT2D eigenvalue weighted by Gasteiger charge is -2.33. The van der Waals surface area contributed by atoms with Gasteiger partial charge in [0.25, 0.3) is 0 Å². The molecule has 1 saturated carbocycles. The van der Waals surface area contributed by atoms with Gasteiger partial charge in [0, 0.05) is 6.10 Å². The molecule has 0 saturated heterocycles. The third-order valence-electron chi connectivity index (χ3n) is 4.38. The van der Waals surface area contributed by atoms with Gasteiger partial charge in [-0.25, -0.2) is 0 Å². The van der Waals surface area contributed by atoms with E-state index in [0.717, 1.165) is 11.8 Å². The molecule has 1 rings (SSSR count). The highest BCUT2D eigenvalue weighted by Crippen LogP contribution is 2.36. The van der Waals surface area contributed by atoms with Crippen molar-refractivity contribution in [3.05, 3.63) is 0 Å². The smallest absolute Gasteiger partial charge is 0.192 e. The molecule has 0 bridgehead atoms. The van der Waals surface area contributed by atoms with E-state index in [0.29, 0.717) is 6.10 Å². The van der Waals surface area contributed by atoms with Crippen molar-refractivity contribution in [2.24, 2.45) is 11.8 Å². The Bertz CT molecular complexity index is 181. The molecule has 1 nitrogen and oxygen atoms in total. The van der Waals surface area contributed by atoms with Gasteiger partial charge in [0.15, 0.2) is 8.32 Å². The van der Waals surface area contributed by atoms with Gasteiger partial charge in [0.05, 0.1) is 0 Å². The van der Waals surface area contributed by atoms with E-state index < -0.39 is 8.32 Å². The maximum absolute atomic E-state index is 6.57. The Morgan fingerprint density at radius 1 is 1.00 bits per heavy atom. The van der Waals surface area contributed by atoms with Crippen LogP contribution in [-0.4, -0.2) is 14.4 Å². The number of rotatable bonds is 5. The van der Waals surface area contributed by atoms with Crippen LogP contribution in [0, 0.1) is 11.8 Å². The minimum atomic E-state index is -1.35. The van der Waals surface area contributed by atoms with Crippen LogP contribution in [0.1, 0.15) is 47.5 Å². The zero-order valence-electron chi connectivity index (χ0n) is 11.2. The number of hydrogen-bond donors (Lipinski definition) is 0. The van der Waals surface area contributed by atoms with Crippen molar-refractivity contribution < 1.29 is 4.43 Å². The lowest BCUT2D eigenvalue weighted by molar-refractivity contribution is 0.152. The normalized spacial score (nSPS) is 32.2. The highest BCUT2D eigenvalue weighted by atomic mass is 28.4. The molecule has 2 heteroatoms. The summed E-state index contributed by atoms with van der Waals surface area (Å²) in [7, 11) is -1.35. The Morgan fingerprint density at radius 2 is 1.53 bits per heavy atom. The van der Waals surface area contributed by atoms with Gasteiger partial charge in [-0.15, -0.1) is 0 Å². The van der Waals surface area contributed by atoms with Crippen molar-refractivity contribution in [2.75, 3.05) is 0 Å². The molecule has 0 radical (unpaired) electrons. The summed E-state index contributed by atoms with van der Waals surface area (Å²) < 4.78 is 6.57. The predicted octanol–water partition coefficient (Wildman–Crippen LogP) is 4.44. The molecule has 3 unspecified atom stereocenters. The van der Waals surface area contributed by atoms with Gasteiger partial charge in [-0.1, -0.05) is 34.6 Å². The highest BCUT2D eigenvalue weighted by Gasteiger charge is 2.37. The molecule has 3 atom stereocenters. The SMILES string of the molecule is CC[Si](CC)(CC)OC1CC(C)CC1C. The summed E-state index contributed by atoms with van der Waals surface area (Å²) in [6.45, 7) is 11.7. The Labute approximate surface area is 96.7 Å². The van der Waals surface area contributed by atoms with Crippen molar-refractivity contribution >= 4 is 8.32 Å². The second kappa shape index (κ2) is 5.49. The van der Waals surface area contributed by atoms with Crippen LogP contribution in [0.3, 0.4) is 0 Å². The highest BCUT2D eigenvalue weighted by molar-refractivity contribution is 6.73. The first-order valence-electron chi connectivity index (χ1n) is 6.74. The van der Waals surface area contributed by atoms with Crippen LogP contribution in [0.5, 0.6) is 0 Å². The van der Waals surface area contributed by atoms with Gasteiger partial charge in [0.2, 0.25) is 0 Å².